The Morgan fingerprint density at radius 2 is 2.17 bits per heavy atom. The Labute approximate surface area is 137 Å². The first kappa shape index (κ1) is 17.3. The average molecular weight is 318 g/mol. The minimum atomic E-state index is -0.172. The van der Waals surface area contributed by atoms with Crippen molar-refractivity contribution in [2.24, 2.45) is 5.92 Å². The van der Waals surface area contributed by atoms with Crippen molar-refractivity contribution in [3.05, 3.63) is 30.5 Å². The van der Waals surface area contributed by atoms with Crippen LogP contribution in [0, 0.1) is 5.92 Å². The molecule has 2 N–H and O–H groups in total. The number of aliphatic hydroxyl groups is 1. The summed E-state index contributed by atoms with van der Waals surface area (Å²) in [5.41, 5.74) is 1.05. The quantitative estimate of drug-likeness (QED) is 0.786. The highest BCUT2D eigenvalue weighted by Gasteiger charge is 2.17. The number of fused-ring (bicyclic) bond motifs is 1. The molecule has 0 saturated heterocycles. The largest absolute Gasteiger partial charge is 0.496 e. The van der Waals surface area contributed by atoms with E-state index in [0.717, 1.165) is 23.1 Å². The van der Waals surface area contributed by atoms with Crippen LogP contribution in [0.1, 0.15) is 26.7 Å². The predicted molar refractivity (Wildman–Crippen MR) is 91.6 cm³/mol. The number of aliphatic hydroxyl groups excluding tert-OH is 1. The van der Waals surface area contributed by atoms with Gasteiger partial charge in [0, 0.05) is 24.5 Å². The van der Waals surface area contributed by atoms with Crippen molar-refractivity contribution in [1.29, 1.82) is 0 Å². The fourth-order valence-corrected chi connectivity index (χ4v) is 2.72. The number of aryl methyl sites for hydroxylation is 1. The maximum absolute atomic E-state index is 12.1. The van der Waals surface area contributed by atoms with Crippen molar-refractivity contribution >= 4 is 16.8 Å². The van der Waals surface area contributed by atoms with Crippen molar-refractivity contribution in [1.82, 2.24) is 9.88 Å². The van der Waals surface area contributed by atoms with Crippen molar-refractivity contribution in [3.63, 3.8) is 0 Å². The van der Waals surface area contributed by atoms with Crippen LogP contribution in [0.15, 0.2) is 30.5 Å². The molecule has 0 spiro atoms. The molecule has 0 aliphatic heterocycles. The number of carbonyl (C=O) groups is 1. The molecule has 1 amide bonds. The molecule has 1 aromatic carbocycles. The molecule has 126 valence electrons. The number of aromatic nitrogens is 1. The molecular weight excluding hydrogens is 292 g/mol. The van der Waals surface area contributed by atoms with Gasteiger partial charge in [-0.25, -0.2) is 0 Å². The first-order chi connectivity index (χ1) is 11.1. The number of carbonyl (C=O) groups excluding carboxylic acids is 1. The van der Waals surface area contributed by atoms with Gasteiger partial charge in [-0.2, -0.15) is 0 Å². The molecule has 0 radical (unpaired) electrons. The molecule has 0 unspecified atom stereocenters. The minimum absolute atomic E-state index is 0.0234. The molecule has 5 nitrogen and oxygen atoms in total. The maximum atomic E-state index is 12.1. The Balaban J connectivity index is 1.99. The monoisotopic (exact) mass is 318 g/mol. The molecule has 1 heterocycles. The third-order valence-corrected chi connectivity index (χ3v) is 4.45. The zero-order valence-electron chi connectivity index (χ0n) is 14.1. The maximum Gasteiger partial charge on any atom is 0.222 e. The number of methoxy groups -OCH3 is 1. The van der Waals surface area contributed by atoms with Gasteiger partial charge in [-0.15, -0.1) is 0 Å². The molecule has 5 heteroatoms. The summed E-state index contributed by atoms with van der Waals surface area (Å²) in [6.07, 6.45) is 3.28. The highest BCUT2D eigenvalue weighted by Crippen LogP contribution is 2.26. The number of hydrogen-bond donors (Lipinski definition) is 2. The van der Waals surface area contributed by atoms with E-state index in [1.54, 1.807) is 7.11 Å². The lowest BCUT2D eigenvalue weighted by Gasteiger charge is -2.22. The lowest BCUT2D eigenvalue weighted by atomic mass is 10.00. The lowest BCUT2D eigenvalue weighted by Crippen LogP contribution is -2.42. The molecule has 0 aliphatic carbocycles. The summed E-state index contributed by atoms with van der Waals surface area (Å²) < 4.78 is 7.40. The number of rotatable bonds is 8. The third-order valence-electron chi connectivity index (χ3n) is 4.45. The SMILES string of the molecule is CC[C@H](C)[C@@H](CO)NC(=O)CCn1ccc2c(OC)cccc21. The first-order valence-corrected chi connectivity index (χ1v) is 8.12. The Morgan fingerprint density at radius 1 is 1.39 bits per heavy atom. The molecule has 0 saturated carbocycles. The Kier molecular flexibility index (Phi) is 6.04. The van der Waals surface area contributed by atoms with Crippen molar-refractivity contribution in [3.8, 4) is 5.75 Å². The fourth-order valence-electron chi connectivity index (χ4n) is 2.72. The zero-order valence-corrected chi connectivity index (χ0v) is 14.1. The average Bonchev–Trinajstić information content (AvgIpc) is 3.00. The number of nitrogens with zero attached hydrogens (tertiary/aromatic N) is 1. The molecule has 1 aromatic heterocycles. The second-order valence-electron chi connectivity index (χ2n) is 5.89. The van der Waals surface area contributed by atoms with Crippen LogP contribution in [0.5, 0.6) is 5.75 Å². The van der Waals surface area contributed by atoms with E-state index in [4.69, 9.17) is 4.74 Å². The van der Waals surface area contributed by atoms with E-state index in [0.29, 0.717) is 13.0 Å². The third kappa shape index (κ3) is 4.05. The van der Waals surface area contributed by atoms with Gasteiger partial charge in [-0.05, 0) is 24.1 Å². The van der Waals surface area contributed by atoms with E-state index in [1.165, 1.54) is 0 Å². The van der Waals surface area contributed by atoms with Crippen LogP contribution in [-0.4, -0.2) is 35.3 Å². The molecule has 2 atom stereocenters. The fraction of sp³-hybridized carbons (Fsp3) is 0.500. The Morgan fingerprint density at radius 3 is 2.83 bits per heavy atom. The van der Waals surface area contributed by atoms with Crippen LogP contribution >= 0.6 is 0 Å². The van der Waals surface area contributed by atoms with Gasteiger partial charge in [0.15, 0.2) is 0 Å². The second kappa shape index (κ2) is 8.02. The second-order valence-corrected chi connectivity index (χ2v) is 5.89. The van der Waals surface area contributed by atoms with E-state index >= 15 is 0 Å². The van der Waals surface area contributed by atoms with Crippen LogP contribution in [0.2, 0.25) is 0 Å². The Hall–Kier alpha value is -2.01. The molecule has 2 aromatic rings. The Bertz CT molecular complexity index is 651. The van der Waals surface area contributed by atoms with Gasteiger partial charge < -0.3 is 19.7 Å². The smallest absolute Gasteiger partial charge is 0.222 e. The summed E-state index contributed by atoms with van der Waals surface area (Å²) in [6, 6.07) is 7.72. The molecule has 23 heavy (non-hydrogen) atoms. The summed E-state index contributed by atoms with van der Waals surface area (Å²) >= 11 is 0. The highest BCUT2D eigenvalue weighted by molar-refractivity contribution is 5.86. The van der Waals surface area contributed by atoms with E-state index in [-0.39, 0.29) is 24.5 Å². The summed E-state index contributed by atoms with van der Waals surface area (Å²) in [7, 11) is 1.66. The number of benzene rings is 1. The topological polar surface area (TPSA) is 63.5 Å². The summed E-state index contributed by atoms with van der Waals surface area (Å²) in [6.45, 7) is 4.66. The van der Waals surface area contributed by atoms with Crippen LogP contribution < -0.4 is 10.1 Å². The van der Waals surface area contributed by atoms with Crippen molar-refractivity contribution in [2.45, 2.75) is 39.3 Å². The van der Waals surface area contributed by atoms with E-state index in [1.807, 2.05) is 37.4 Å². The van der Waals surface area contributed by atoms with Crippen molar-refractivity contribution in [2.75, 3.05) is 13.7 Å². The van der Waals surface area contributed by atoms with Crippen LogP contribution in [-0.2, 0) is 11.3 Å². The van der Waals surface area contributed by atoms with E-state index in [9.17, 15) is 9.90 Å². The minimum Gasteiger partial charge on any atom is -0.496 e. The van der Waals surface area contributed by atoms with Gasteiger partial charge in [0.1, 0.15) is 5.75 Å². The highest BCUT2D eigenvalue weighted by atomic mass is 16.5. The molecule has 0 bridgehead atoms. The number of nitrogens with one attached hydrogen (secondary N) is 1. The van der Waals surface area contributed by atoms with E-state index in [2.05, 4.69) is 16.8 Å². The van der Waals surface area contributed by atoms with Gasteiger partial charge >= 0.3 is 0 Å². The molecule has 0 fully saturated rings. The van der Waals surface area contributed by atoms with Gasteiger partial charge in [-0.1, -0.05) is 26.3 Å². The first-order valence-electron chi connectivity index (χ1n) is 8.12. The van der Waals surface area contributed by atoms with Gasteiger partial charge in [0.25, 0.3) is 0 Å². The van der Waals surface area contributed by atoms with Gasteiger partial charge in [0.05, 0.1) is 25.3 Å². The molecule has 2 rings (SSSR count). The molecule has 0 aliphatic rings. The van der Waals surface area contributed by atoms with Crippen LogP contribution in [0.4, 0.5) is 0 Å². The summed E-state index contributed by atoms with van der Waals surface area (Å²) in [4.78, 5) is 12.1. The summed E-state index contributed by atoms with van der Waals surface area (Å²) in [5.74, 6) is 1.07. The van der Waals surface area contributed by atoms with Crippen LogP contribution in [0.25, 0.3) is 10.9 Å². The summed E-state index contributed by atoms with van der Waals surface area (Å²) in [5, 5.41) is 13.4. The van der Waals surface area contributed by atoms with Crippen LogP contribution in [0.3, 0.4) is 0 Å². The zero-order chi connectivity index (χ0) is 16.8. The number of amides is 1. The predicted octanol–water partition coefficient (Wildman–Crippen LogP) is 2.56. The standard InChI is InChI=1S/C18H26N2O3/c1-4-13(2)15(12-21)19-18(22)9-11-20-10-8-14-16(20)6-5-7-17(14)23-3/h5-8,10,13,15,21H,4,9,11-12H2,1-3H3,(H,19,22)/t13-,15+/m0/s1. The van der Waals surface area contributed by atoms with Gasteiger partial charge in [-0.3, -0.25) is 4.79 Å². The normalized spacial score (nSPS) is 13.7. The van der Waals surface area contributed by atoms with Gasteiger partial charge in [0.2, 0.25) is 5.91 Å². The van der Waals surface area contributed by atoms with Crippen molar-refractivity contribution < 1.29 is 14.6 Å². The number of hydrogen-bond acceptors (Lipinski definition) is 3. The van der Waals surface area contributed by atoms with E-state index < -0.39 is 0 Å². The molecular formula is C18H26N2O3. The lowest BCUT2D eigenvalue weighted by molar-refractivity contribution is -0.122. The number of ether oxygens (including phenoxy) is 1.